The Morgan fingerprint density at radius 2 is 1.90 bits per heavy atom. The lowest BCUT2D eigenvalue weighted by Crippen LogP contribution is -2.40. The van der Waals surface area contributed by atoms with Gasteiger partial charge in [0.2, 0.25) is 11.8 Å². The van der Waals surface area contributed by atoms with Crippen molar-refractivity contribution in [3.8, 4) is 11.3 Å². The van der Waals surface area contributed by atoms with E-state index in [0.717, 1.165) is 48.1 Å². The predicted octanol–water partition coefficient (Wildman–Crippen LogP) is 3.78. The van der Waals surface area contributed by atoms with E-state index in [1.165, 1.54) is 0 Å². The third kappa shape index (κ3) is 4.71. The Bertz CT molecular complexity index is 1040. The van der Waals surface area contributed by atoms with Crippen LogP contribution in [0, 0.1) is 5.92 Å². The van der Waals surface area contributed by atoms with Crippen LogP contribution in [0.15, 0.2) is 48.5 Å². The Morgan fingerprint density at radius 3 is 2.67 bits per heavy atom. The molecule has 2 aromatic carbocycles. The molecular formula is C23H25ClN4O2. The molecule has 3 aromatic rings. The van der Waals surface area contributed by atoms with Crippen molar-refractivity contribution in [1.82, 2.24) is 20.4 Å². The maximum absolute atomic E-state index is 12.2. The lowest BCUT2D eigenvalue weighted by atomic mass is 9.97. The Kier molecular flexibility index (Phi) is 6.45. The fraction of sp³-hybridized carbons (Fsp3) is 0.348. The molecule has 0 atom stereocenters. The number of carbonyl (C=O) groups is 2. The van der Waals surface area contributed by atoms with Crippen LogP contribution in [0.2, 0.25) is 5.02 Å². The van der Waals surface area contributed by atoms with E-state index < -0.39 is 0 Å². The molecule has 4 rings (SSSR count). The van der Waals surface area contributed by atoms with Crippen molar-refractivity contribution in [1.29, 1.82) is 0 Å². The van der Waals surface area contributed by atoms with E-state index in [1.54, 1.807) is 0 Å². The second-order valence-corrected chi connectivity index (χ2v) is 8.08. The van der Waals surface area contributed by atoms with Gasteiger partial charge in [-0.1, -0.05) is 41.9 Å². The van der Waals surface area contributed by atoms with Gasteiger partial charge in [0.15, 0.2) is 0 Å². The second-order valence-electron chi connectivity index (χ2n) is 7.64. The number of fused-ring (bicyclic) bond motifs is 1. The first kappa shape index (κ1) is 20.6. The minimum Gasteiger partial charge on any atom is -0.317 e. The normalized spacial score (nSPS) is 14.7. The van der Waals surface area contributed by atoms with Gasteiger partial charge in [-0.3, -0.25) is 19.6 Å². The highest BCUT2D eigenvalue weighted by atomic mass is 35.5. The first-order valence-electron chi connectivity index (χ1n) is 10.4. The molecule has 0 bridgehead atoms. The number of nitrogens with zero attached hydrogens (tertiary/aromatic N) is 2. The van der Waals surface area contributed by atoms with Crippen molar-refractivity contribution in [2.75, 3.05) is 13.1 Å². The smallest absolute Gasteiger partial charge is 0.229 e. The number of benzene rings is 2. The highest BCUT2D eigenvalue weighted by Crippen LogP contribution is 2.30. The lowest BCUT2D eigenvalue weighted by molar-refractivity contribution is -0.133. The molecule has 2 amide bonds. The molecule has 1 fully saturated rings. The van der Waals surface area contributed by atoms with Crippen LogP contribution in [0.1, 0.15) is 25.7 Å². The summed E-state index contributed by atoms with van der Waals surface area (Å²) in [7, 11) is 0. The average Bonchev–Trinajstić information content (AvgIpc) is 3.12. The summed E-state index contributed by atoms with van der Waals surface area (Å²) < 4.78 is 1.91. The van der Waals surface area contributed by atoms with Crippen LogP contribution in [0.5, 0.6) is 0 Å². The number of aryl methyl sites for hydroxylation is 1. The number of carbonyl (C=O) groups excluding carboxylic acids is 2. The number of hydrogen-bond donors (Lipinski definition) is 2. The number of rotatable bonds is 6. The lowest BCUT2D eigenvalue weighted by Gasteiger charge is -2.21. The number of hydrogen-bond acceptors (Lipinski definition) is 4. The molecule has 7 heteroatoms. The first-order chi connectivity index (χ1) is 14.6. The van der Waals surface area contributed by atoms with Crippen molar-refractivity contribution >= 4 is 34.3 Å². The summed E-state index contributed by atoms with van der Waals surface area (Å²) in [6.07, 6.45) is 2.44. The zero-order valence-corrected chi connectivity index (χ0v) is 17.5. The van der Waals surface area contributed by atoms with Crippen molar-refractivity contribution < 1.29 is 9.59 Å². The van der Waals surface area contributed by atoms with E-state index in [1.807, 2.05) is 53.2 Å². The minimum atomic E-state index is -0.221. The van der Waals surface area contributed by atoms with E-state index >= 15 is 0 Å². The molecule has 30 heavy (non-hydrogen) atoms. The van der Waals surface area contributed by atoms with Crippen molar-refractivity contribution in [3.63, 3.8) is 0 Å². The second kappa shape index (κ2) is 9.41. The molecule has 0 spiro atoms. The molecule has 2 heterocycles. The monoisotopic (exact) mass is 424 g/mol. The largest absolute Gasteiger partial charge is 0.317 e. The first-order valence-corrected chi connectivity index (χ1v) is 10.8. The van der Waals surface area contributed by atoms with Gasteiger partial charge in [-0.15, -0.1) is 0 Å². The molecule has 156 valence electrons. The van der Waals surface area contributed by atoms with E-state index in [4.69, 9.17) is 16.7 Å². The summed E-state index contributed by atoms with van der Waals surface area (Å²) in [6.45, 7) is 2.23. The number of piperidine rings is 1. The van der Waals surface area contributed by atoms with Crippen LogP contribution in [-0.2, 0) is 16.1 Å². The molecule has 2 N–H and O–H groups in total. The SMILES string of the molecule is O=C(CCCn1nc(-c2ccccc2)c2cc(Cl)ccc21)NC(=O)C1CCNCC1. The van der Waals surface area contributed by atoms with Crippen LogP contribution in [0.4, 0.5) is 0 Å². The van der Waals surface area contributed by atoms with Gasteiger partial charge in [-0.2, -0.15) is 5.10 Å². The number of halogens is 1. The highest BCUT2D eigenvalue weighted by Gasteiger charge is 2.22. The van der Waals surface area contributed by atoms with Gasteiger partial charge >= 0.3 is 0 Å². The van der Waals surface area contributed by atoms with Crippen LogP contribution in [-0.4, -0.2) is 34.7 Å². The maximum Gasteiger partial charge on any atom is 0.229 e. The highest BCUT2D eigenvalue weighted by molar-refractivity contribution is 6.31. The zero-order valence-electron chi connectivity index (χ0n) is 16.7. The van der Waals surface area contributed by atoms with Gasteiger partial charge in [-0.05, 0) is 50.6 Å². The van der Waals surface area contributed by atoms with Gasteiger partial charge in [0.1, 0.15) is 5.69 Å². The van der Waals surface area contributed by atoms with Gasteiger partial charge in [0, 0.05) is 34.9 Å². The molecular weight excluding hydrogens is 400 g/mol. The van der Waals surface area contributed by atoms with E-state index in [2.05, 4.69) is 10.6 Å². The fourth-order valence-electron chi connectivity index (χ4n) is 3.91. The van der Waals surface area contributed by atoms with Crippen LogP contribution >= 0.6 is 11.6 Å². The summed E-state index contributed by atoms with van der Waals surface area (Å²) in [5, 5.41) is 12.2. The van der Waals surface area contributed by atoms with Gasteiger partial charge in [0.25, 0.3) is 0 Å². The van der Waals surface area contributed by atoms with Crippen molar-refractivity contribution in [3.05, 3.63) is 53.6 Å². The number of amides is 2. The Hall–Kier alpha value is -2.70. The summed E-state index contributed by atoms with van der Waals surface area (Å²) in [5.74, 6) is -0.434. The molecule has 0 saturated carbocycles. The Balaban J connectivity index is 1.41. The Labute approximate surface area is 180 Å². The van der Waals surface area contributed by atoms with Gasteiger partial charge < -0.3 is 5.32 Å². The third-order valence-corrected chi connectivity index (χ3v) is 5.74. The topological polar surface area (TPSA) is 76.0 Å². The Morgan fingerprint density at radius 1 is 1.13 bits per heavy atom. The molecule has 1 aliphatic rings. The molecule has 0 aliphatic carbocycles. The number of imide groups is 1. The van der Waals surface area contributed by atoms with Crippen LogP contribution in [0.3, 0.4) is 0 Å². The predicted molar refractivity (Wildman–Crippen MR) is 118 cm³/mol. The molecule has 6 nitrogen and oxygen atoms in total. The minimum absolute atomic E-state index is 0.0663. The average molecular weight is 425 g/mol. The summed E-state index contributed by atoms with van der Waals surface area (Å²) in [6, 6.07) is 15.7. The van der Waals surface area contributed by atoms with E-state index in [9.17, 15) is 9.59 Å². The standard InChI is InChI=1S/C23H25ClN4O2/c24-18-8-9-20-19(15-18)22(16-5-2-1-3-6-16)27-28(20)14-4-7-21(29)26-23(30)17-10-12-25-13-11-17/h1-3,5-6,8-9,15,17,25H,4,7,10-14H2,(H,26,29,30). The molecule has 1 aliphatic heterocycles. The van der Waals surface area contributed by atoms with Gasteiger partial charge in [0.05, 0.1) is 5.52 Å². The van der Waals surface area contributed by atoms with Crippen molar-refractivity contribution in [2.24, 2.45) is 5.92 Å². The number of nitrogens with one attached hydrogen (secondary N) is 2. The summed E-state index contributed by atoms with van der Waals surface area (Å²) in [5.41, 5.74) is 2.87. The molecule has 1 saturated heterocycles. The summed E-state index contributed by atoms with van der Waals surface area (Å²) in [4.78, 5) is 24.4. The summed E-state index contributed by atoms with van der Waals surface area (Å²) >= 11 is 6.22. The third-order valence-electron chi connectivity index (χ3n) is 5.51. The molecule has 1 aromatic heterocycles. The maximum atomic E-state index is 12.2. The molecule has 0 unspecified atom stereocenters. The zero-order chi connectivity index (χ0) is 20.9. The van der Waals surface area contributed by atoms with Crippen LogP contribution < -0.4 is 10.6 Å². The van der Waals surface area contributed by atoms with Crippen molar-refractivity contribution in [2.45, 2.75) is 32.2 Å². The fourth-order valence-corrected chi connectivity index (χ4v) is 4.08. The molecule has 0 radical (unpaired) electrons. The van der Waals surface area contributed by atoms with Gasteiger partial charge in [-0.25, -0.2) is 0 Å². The quantitative estimate of drug-likeness (QED) is 0.631. The van der Waals surface area contributed by atoms with E-state index in [0.29, 0.717) is 18.0 Å². The van der Waals surface area contributed by atoms with E-state index in [-0.39, 0.29) is 24.2 Å². The number of aromatic nitrogens is 2. The van der Waals surface area contributed by atoms with Crippen LogP contribution in [0.25, 0.3) is 22.2 Å².